The third-order valence-electron chi connectivity index (χ3n) is 2.78. The molecule has 0 amide bonds. The van der Waals surface area contributed by atoms with Crippen LogP contribution in [0.25, 0.3) is 22.7 Å². The lowest BCUT2D eigenvalue weighted by atomic mass is 10.1. The molecule has 2 aromatic heterocycles. The number of benzene rings is 1. The molecule has 2 heterocycles. The summed E-state index contributed by atoms with van der Waals surface area (Å²) in [7, 11) is 0. The number of non-ortho nitro benzene ring substituents is 1. The molecule has 0 aliphatic heterocycles. The number of aromatic nitrogens is 2. The van der Waals surface area contributed by atoms with E-state index in [4.69, 9.17) is 9.52 Å². The van der Waals surface area contributed by atoms with Crippen LogP contribution in [0, 0.1) is 10.1 Å². The monoisotopic (exact) mass is 271 g/mol. The molecular weight excluding hydrogens is 262 g/mol. The molecule has 0 fully saturated rings. The van der Waals surface area contributed by atoms with Crippen molar-refractivity contribution >= 4 is 16.9 Å². The summed E-state index contributed by atoms with van der Waals surface area (Å²) < 4.78 is 5.51. The van der Waals surface area contributed by atoms with Crippen molar-refractivity contribution in [3.63, 3.8) is 0 Å². The molecule has 0 saturated carbocycles. The predicted molar refractivity (Wildman–Crippen MR) is 69.8 cm³/mol. The summed E-state index contributed by atoms with van der Waals surface area (Å²) in [5, 5.41) is 20.1. The second-order valence-corrected chi connectivity index (χ2v) is 4.15. The summed E-state index contributed by atoms with van der Waals surface area (Å²) in [6, 6.07) is 7.68. The Hall–Kier alpha value is -2.80. The number of nitro benzene ring substituents is 1. The van der Waals surface area contributed by atoms with Crippen LogP contribution in [0.1, 0.15) is 5.56 Å². The number of nitro groups is 1. The molecule has 7 heteroatoms. The Morgan fingerprint density at radius 1 is 1.35 bits per heavy atom. The minimum absolute atomic E-state index is 0.123. The van der Waals surface area contributed by atoms with E-state index >= 15 is 0 Å². The summed E-state index contributed by atoms with van der Waals surface area (Å²) in [5.41, 5.74) is 1.66. The standard InChI is InChI=1S/C13H9N3O4/c17-7-8-4-9(6-10(5-8)16(18)19)13-15-12-11(20-13)2-1-3-14-12/h1-6,17H,7H2. The third-order valence-corrected chi connectivity index (χ3v) is 2.78. The number of aliphatic hydroxyl groups is 1. The smallest absolute Gasteiger partial charge is 0.270 e. The van der Waals surface area contributed by atoms with Crippen LogP contribution in [0.2, 0.25) is 0 Å². The molecule has 0 aliphatic rings. The van der Waals surface area contributed by atoms with Crippen LogP contribution in [0.4, 0.5) is 5.69 Å². The number of hydrogen-bond acceptors (Lipinski definition) is 6. The van der Waals surface area contributed by atoms with E-state index < -0.39 is 4.92 Å². The van der Waals surface area contributed by atoms with E-state index in [-0.39, 0.29) is 18.2 Å². The van der Waals surface area contributed by atoms with Gasteiger partial charge in [-0.3, -0.25) is 10.1 Å². The van der Waals surface area contributed by atoms with Gasteiger partial charge in [-0.05, 0) is 23.8 Å². The van der Waals surface area contributed by atoms with Gasteiger partial charge in [-0.25, -0.2) is 4.98 Å². The molecule has 100 valence electrons. The molecule has 0 unspecified atom stereocenters. The number of nitrogens with zero attached hydrogens (tertiary/aromatic N) is 3. The molecule has 0 radical (unpaired) electrons. The lowest BCUT2D eigenvalue weighted by Gasteiger charge is -2.00. The fourth-order valence-electron chi connectivity index (χ4n) is 1.89. The van der Waals surface area contributed by atoms with E-state index in [2.05, 4.69) is 9.97 Å². The van der Waals surface area contributed by atoms with E-state index in [1.807, 2.05) is 0 Å². The Kier molecular flexibility index (Phi) is 2.88. The van der Waals surface area contributed by atoms with Crippen LogP contribution in [0.5, 0.6) is 0 Å². The highest BCUT2D eigenvalue weighted by Crippen LogP contribution is 2.27. The first-order valence-corrected chi connectivity index (χ1v) is 5.78. The topological polar surface area (TPSA) is 102 Å². The first kappa shape index (κ1) is 12.2. The molecule has 0 spiro atoms. The number of fused-ring (bicyclic) bond motifs is 1. The van der Waals surface area contributed by atoms with Gasteiger partial charge in [-0.1, -0.05) is 0 Å². The molecule has 20 heavy (non-hydrogen) atoms. The minimum atomic E-state index is -0.524. The molecular formula is C13H9N3O4. The van der Waals surface area contributed by atoms with E-state index in [9.17, 15) is 10.1 Å². The Morgan fingerprint density at radius 3 is 2.90 bits per heavy atom. The van der Waals surface area contributed by atoms with Crippen molar-refractivity contribution in [2.75, 3.05) is 0 Å². The van der Waals surface area contributed by atoms with E-state index in [1.165, 1.54) is 12.1 Å². The third kappa shape index (κ3) is 2.10. The zero-order chi connectivity index (χ0) is 14.1. The molecule has 3 aromatic rings. The molecule has 0 saturated heterocycles. The Balaban J connectivity index is 2.17. The van der Waals surface area contributed by atoms with Crippen molar-refractivity contribution in [3.8, 4) is 11.5 Å². The van der Waals surface area contributed by atoms with Crippen molar-refractivity contribution in [1.82, 2.24) is 9.97 Å². The predicted octanol–water partition coefficient (Wildman–Crippen LogP) is 2.29. The zero-order valence-electron chi connectivity index (χ0n) is 10.2. The van der Waals surface area contributed by atoms with Gasteiger partial charge in [0.1, 0.15) is 0 Å². The number of pyridine rings is 1. The summed E-state index contributed by atoms with van der Waals surface area (Å²) in [6.45, 7) is -0.298. The number of hydrogen-bond donors (Lipinski definition) is 1. The Morgan fingerprint density at radius 2 is 2.20 bits per heavy atom. The highest BCUT2D eigenvalue weighted by atomic mass is 16.6. The van der Waals surface area contributed by atoms with Crippen LogP contribution in [0.15, 0.2) is 40.9 Å². The van der Waals surface area contributed by atoms with Crippen molar-refractivity contribution in [1.29, 1.82) is 0 Å². The van der Waals surface area contributed by atoms with Gasteiger partial charge in [-0.15, -0.1) is 0 Å². The second kappa shape index (κ2) is 4.71. The van der Waals surface area contributed by atoms with Crippen LogP contribution in [-0.4, -0.2) is 20.0 Å². The fraction of sp³-hybridized carbons (Fsp3) is 0.0769. The van der Waals surface area contributed by atoms with Crippen LogP contribution in [-0.2, 0) is 6.61 Å². The van der Waals surface area contributed by atoms with Gasteiger partial charge in [0, 0.05) is 23.9 Å². The number of aliphatic hydroxyl groups excluding tert-OH is 1. The molecule has 0 aliphatic carbocycles. The van der Waals surface area contributed by atoms with E-state index in [0.717, 1.165) is 0 Å². The van der Waals surface area contributed by atoms with Gasteiger partial charge < -0.3 is 9.52 Å². The van der Waals surface area contributed by atoms with Crippen molar-refractivity contribution in [3.05, 3.63) is 52.2 Å². The average molecular weight is 271 g/mol. The molecule has 0 bridgehead atoms. The average Bonchev–Trinajstić information content (AvgIpc) is 2.90. The summed E-state index contributed by atoms with van der Waals surface area (Å²) in [4.78, 5) is 18.6. The SMILES string of the molecule is O=[N+]([O-])c1cc(CO)cc(-c2nc3ncccc3o2)c1. The van der Waals surface area contributed by atoms with Crippen LogP contribution >= 0.6 is 0 Å². The van der Waals surface area contributed by atoms with Gasteiger partial charge in [0.2, 0.25) is 5.89 Å². The highest BCUT2D eigenvalue weighted by molar-refractivity contribution is 5.72. The minimum Gasteiger partial charge on any atom is -0.434 e. The van der Waals surface area contributed by atoms with E-state index in [1.54, 1.807) is 24.4 Å². The van der Waals surface area contributed by atoms with Gasteiger partial charge in [0.05, 0.1) is 11.5 Å². The van der Waals surface area contributed by atoms with E-state index in [0.29, 0.717) is 22.4 Å². The van der Waals surface area contributed by atoms with Crippen molar-refractivity contribution < 1.29 is 14.4 Å². The zero-order valence-corrected chi connectivity index (χ0v) is 10.2. The summed E-state index contributed by atoms with van der Waals surface area (Å²) in [5.74, 6) is 0.233. The highest BCUT2D eigenvalue weighted by Gasteiger charge is 2.15. The summed E-state index contributed by atoms with van der Waals surface area (Å²) in [6.07, 6.45) is 1.58. The van der Waals surface area contributed by atoms with Gasteiger partial charge in [0.25, 0.3) is 5.69 Å². The molecule has 3 rings (SSSR count). The lowest BCUT2D eigenvalue weighted by molar-refractivity contribution is -0.384. The quantitative estimate of drug-likeness (QED) is 0.579. The molecule has 1 N–H and O–H groups in total. The van der Waals surface area contributed by atoms with Crippen molar-refractivity contribution in [2.45, 2.75) is 6.61 Å². The first-order chi connectivity index (χ1) is 9.67. The van der Waals surface area contributed by atoms with Crippen LogP contribution in [0.3, 0.4) is 0 Å². The van der Waals surface area contributed by atoms with Crippen LogP contribution < -0.4 is 0 Å². The molecule has 1 aromatic carbocycles. The lowest BCUT2D eigenvalue weighted by Crippen LogP contribution is -1.92. The maximum Gasteiger partial charge on any atom is 0.270 e. The largest absolute Gasteiger partial charge is 0.434 e. The summed E-state index contributed by atoms with van der Waals surface area (Å²) >= 11 is 0. The maximum atomic E-state index is 10.9. The Bertz CT molecular complexity index is 764. The number of oxazole rings is 1. The van der Waals surface area contributed by atoms with Gasteiger partial charge in [-0.2, -0.15) is 4.98 Å². The Labute approximate surface area is 112 Å². The second-order valence-electron chi connectivity index (χ2n) is 4.15. The molecule has 7 nitrogen and oxygen atoms in total. The maximum absolute atomic E-state index is 10.9. The number of rotatable bonds is 3. The first-order valence-electron chi connectivity index (χ1n) is 5.78. The van der Waals surface area contributed by atoms with Gasteiger partial charge in [0.15, 0.2) is 11.2 Å². The van der Waals surface area contributed by atoms with Crippen molar-refractivity contribution in [2.24, 2.45) is 0 Å². The normalized spacial score (nSPS) is 10.8. The van der Waals surface area contributed by atoms with Gasteiger partial charge >= 0.3 is 0 Å². The molecule has 0 atom stereocenters. The fourth-order valence-corrected chi connectivity index (χ4v) is 1.89.